The van der Waals surface area contributed by atoms with Crippen LogP contribution < -0.4 is 10.6 Å². The average Bonchev–Trinajstić information content (AvgIpc) is 2.43. The normalized spacial score (nSPS) is 10.0. The van der Waals surface area contributed by atoms with Crippen LogP contribution in [0, 0.1) is 0 Å². The highest BCUT2D eigenvalue weighted by molar-refractivity contribution is 6.30. The van der Waals surface area contributed by atoms with E-state index in [-0.39, 0.29) is 11.8 Å². The molecule has 0 saturated heterocycles. The molecule has 2 aromatic carbocycles. The maximum Gasteiger partial charge on any atom is 0.239 e. The van der Waals surface area contributed by atoms with Crippen LogP contribution in [0.5, 0.6) is 0 Å². The van der Waals surface area contributed by atoms with E-state index in [4.69, 9.17) is 23.2 Å². The molecule has 0 aliphatic rings. The van der Waals surface area contributed by atoms with Crippen molar-refractivity contribution in [2.75, 3.05) is 16.5 Å². The van der Waals surface area contributed by atoms with Gasteiger partial charge in [0.2, 0.25) is 5.91 Å². The molecule has 0 heterocycles. The van der Waals surface area contributed by atoms with Crippen molar-refractivity contribution >= 4 is 46.2 Å². The summed E-state index contributed by atoms with van der Waals surface area (Å²) in [4.78, 5) is 11.3. The van der Waals surface area contributed by atoms with Crippen molar-refractivity contribution in [1.29, 1.82) is 0 Å². The molecule has 0 radical (unpaired) electrons. The lowest BCUT2D eigenvalue weighted by atomic mass is 10.2. The van der Waals surface area contributed by atoms with E-state index in [1.807, 2.05) is 36.4 Å². The molecule has 1 amide bonds. The molecule has 2 rings (SSSR count). The van der Waals surface area contributed by atoms with Gasteiger partial charge >= 0.3 is 0 Å². The Balaban J connectivity index is 2.20. The van der Waals surface area contributed by atoms with E-state index < -0.39 is 0 Å². The van der Waals surface area contributed by atoms with Crippen molar-refractivity contribution in [2.45, 2.75) is 0 Å². The van der Waals surface area contributed by atoms with Crippen LogP contribution in [0.1, 0.15) is 0 Å². The smallest absolute Gasteiger partial charge is 0.239 e. The summed E-state index contributed by atoms with van der Waals surface area (Å²) in [6.45, 7) is 0. The number of nitrogens with one attached hydrogen (secondary N) is 2. The number of amides is 1. The van der Waals surface area contributed by atoms with Gasteiger partial charge in [0.1, 0.15) is 5.88 Å². The van der Waals surface area contributed by atoms with Crippen molar-refractivity contribution in [3.05, 3.63) is 53.6 Å². The van der Waals surface area contributed by atoms with Crippen LogP contribution in [0.4, 0.5) is 17.1 Å². The first-order chi connectivity index (χ1) is 9.19. The van der Waals surface area contributed by atoms with Crippen LogP contribution in [0.3, 0.4) is 0 Å². The molecule has 98 valence electrons. The molecule has 0 spiro atoms. The van der Waals surface area contributed by atoms with E-state index in [1.54, 1.807) is 12.1 Å². The summed E-state index contributed by atoms with van der Waals surface area (Å²) in [5.41, 5.74) is 2.36. The van der Waals surface area contributed by atoms with Crippen LogP contribution in [0.25, 0.3) is 0 Å². The van der Waals surface area contributed by atoms with Crippen molar-refractivity contribution in [3.8, 4) is 0 Å². The number of carbonyl (C=O) groups is 1. The minimum atomic E-state index is -0.243. The van der Waals surface area contributed by atoms with Gasteiger partial charge in [-0.25, -0.2) is 0 Å². The van der Waals surface area contributed by atoms with Gasteiger partial charge in [0.05, 0.1) is 11.4 Å². The van der Waals surface area contributed by atoms with Gasteiger partial charge < -0.3 is 10.6 Å². The minimum absolute atomic E-state index is 0.0741. The summed E-state index contributed by atoms with van der Waals surface area (Å²) in [6.07, 6.45) is 0. The highest BCUT2D eigenvalue weighted by Gasteiger charge is 2.05. The van der Waals surface area contributed by atoms with Crippen LogP contribution in [-0.2, 0) is 4.79 Å². The number of hydrogen-bond donors (Lipinski definition) is 2. The predicted molar refractivity (Wildman–Crippen MR) is 80.5 cm³/mol. The van der Waals surface area contributed by atoms with E-state index in [0.717, 1.165) is 11.4 Å². The zero-order chi connectivity index (χ0) is 13.7. The summed E-state index contributed by atoms with van der Waals surface area (Å²) in [6, 6.07) is 14.7. The van der Waals surface area contributed by atoms with E-state index in [9.17, 15) is 4.79 Å². The van der Waals surface area contributed by atoms with Crippen LogP contribution in [0.15, 0.2) is 48.5 Å². The molecule has 0 saturated carbocycles. The molecular weight excluding hydrogens is 283 g/mol. The number of para-hydroxylation sites is 2. The summed E-state index contributed by atoms with van der Waals surface area (Å²) < 4.78 is 0. The third-order valence-electron chi connectivity index (χ3n) is 2.45. The minimum Gasteiger partial charge on any atom is -0.354 e. The summed E-state index contributed by atoms with van der Waals surface area (Å²) >= 11 is 11.3. The Morgan fingerprint density at radius 3 is 2.26 bits per heavy atom. The SMILES string of the molecule is O=C(CCl)Nc1ccccc1Nc1ccc(Cl)cc1. The number of halogens is 2. The number of carbonyl (C=O) groups excluding carboxylic acids is 1. The number of hydrogen-bond acceptors (Lipinski definition) is 2. The summed E-state index contributed by atoms with van der Waals surface area (Å²) in [7, 11) is 0. The molecule has 0 aromatic heterocycles. The van der Waals surface area contributed by atoms with Crippen molar-refractivity contribution < 1.29 is 4.79 Å². The molecule has 0 aliphatic heterocycles. The number of benzene rings is 2. The fraction of sp³-hybridized carbons (Fsp3) is 0.0714. The Bertz CT molecular complexity index is 570. The van der Waals surface area contributed by atoms with Gasteiger partial charge in [-0.05, 0) is 36.4 Å². The number of rotatable bonds is 4. The van der Waals surface area contributed by atoms with Crippen molar-refractivity contribution in [3.63, 3.8) is 0 Å². The summed E-state index contributed by atoms with van der Waals surface area (Å²) in [5, 5.41) is 6.62. The lowest BCUT2D eigenvalue weighted by Gasteiger charge is -2.12. The van der Waals surface area contributed by atoms with E-state index in [0.29, 0.717) is 10.7 Å². The molecular formula is C14H12Cl2N2O. The molecule has 19 heavy (non-hydrogen) atoms. The monoisotopic (exact) mass is 294 g/mol. The molecule has 2 N–H and O–H groups in total. The van der Waals surface area contributed by atoms with Crippen LogP contribution >= 0.6 is 23.2 Å². The number of anilines is 3. The Morgan fingerprint density at radius 2 is 1.63 bits per heavy atom. The molecule has 0 unspecified atom stereocenters. The maximum atomic E-state index is 11.3. The Kier molecular flexibility index (Phi) is 4.66. The molecule has 3 nitrogen and oxygen atoms in total. The quantitative estimate of drug-likeness (QED) is 0.827. The second kappa shape index (κ2) is 6.45. The Labute approximate surface area is 121 Å². The first-order valence-corrected chi connectivity index (χ1v) is 6.58. The molecule has 2 aromatic rings. The third-order valence-corrected chi connectivity index (χ3v) is 2.94. The van der Waals surface area contributed by atoms with Gasteiger partial charge in [0, 0.05) is 10.7 Å². The van der Waals surface area contributed by atoms with Gasteiger partial charge in [0.25, 0.3) is 0 Å². The van der Waals surface area contributed by atoms with Gasteiger partial charge in [-0.1, -0.05) is 23.7 Å². The standard InChI is InChI=1S/C14H12Cl2N2O/c15-9-14(19)18-13-4-2-1-3-12(13)17-11-7-5-10(16)6-8-11/h1-8,17H,9H2,(H,18,19). The van der Waals surface area contributed by atoms with Crippen LogP contribution in [-0.4, -0.2) is 11.8 Å². The fourth-order valence-corrected chi connectivity index (χ4v) is 1.77. The summed E-state index contributed by atoms with van der Waals surface area (Å²) in [5.74, 6) is -0.318. The highest BCUT2D eigenvalue weighted by atomic mass is 35.5. The number of alkyl halides is 1. The lowest BCUT2D eigenvalue weighted by molar-refractivity contribution is -0.113. The first kappa shape index (κ1) is 13.7. The fourth-order valence-electron chi connectivity index (χ4n) is 1.57. The average molecular weight is 295 g/mol. The van der Waals surface area contributed by atoms with E-state index in [2.05, 4.69) is 10.6 Å². The molecule has 0 fully saturated rings. The third kappa shape index (κ3) is 3.88. The second-order valence-electron chi connectivity index (χ2n) is 3.86. The van der Waals surface area contributed by atoms with Gasteiger partial charge in [-0.3, -0.25) is 4.79 Å². The highest BCUT2D eigenvalue weighted by Crippen LogP contribution is 2.25. The predicted octanol–water partition coefficient (Wildman–Crippen LogP) is 4.26. The second-order valence-corrected chi connectivity index (χ2v) is 4.56. The molecule has 0 atom stereocenters. The Morgan fingerprint density at radius 1 is 1.00 bits per heavy atom. The molecule has 0 aliphatic carbocycles. The van der Waals surface area contributed by atoms with Crippen molar-refractivity contribution in [2.24, 2.45) is 0 Å². The Hall–Kier alpha value is -1.71. The zero-order valence-electron chi connectivity index (χ0n) is 9.99. The van der Waals surface area contributed by atoms with Gasteiger partial charge in [0.15, 0.2) is 0 Å². The molecule has 5 heteroatoms. The zero-order valence-corrected chi connectivity index (χ0v) is 11.5. The van der Waals surface area contributed by atoms with E-state index >= 15 is 0 Å². The largest absolute Gasteiger partial charge is 0.354 e. The maximum absolute atomic E-state index is 11.3. The van der Waals surface area contributed by atoms with Gasteiger partial charge in [-0.2, -0.15) is 0 Å². The van der Waals surface area contributed by atoms with Crippen LogP contribution in [0.2, 0.25) is 5.02 Å². The van der Waals surface area contributed by atoms with E-state index in [1.165, 1.54) is 0 Å². The lowest BCUT2D eigenvalue weighted by Crippen LogP contribution is -2.13. The molecule has 0 bridgehead atoms. The van der Waals surface area contributed by atoms with Gasteiger partial charge in [-0.15, -0.1) is 11.6 Å². The first-order valence-electron chi connectivity index (χ1n) is 5.66. The topological polar surface area (TPSA) is 41.1 Å². The van der Waals surface area contributed by atoms with Crippen molar-refractivity contribution in [1.82, 2.24) is 0 Å².